The summed E-state index contributed by atoms with van der Waals surface area (Å²) in [5.41, 5.74) is -0.0172. The molecule has 0 aliphatic carbocycles. The Kier molecular flexibility index (Phi) is 3.09. The maximum atomic E-state index is 11.5. The molecule has 1 saturated heterocycles. The molecule has 0 bridgehead atoms. The van der Waals surface area contributed by atoms with Crippen molar-refractivity contribution in [2.24, 2.45) is 0 Å². The number of hydrogen-bond acceptors (Lipinski definition) is 5. The Morgan fingerprint density at radius 2 is 2.19 bits per heavy atom. The fourth-order valence-electron chi connectivity index (χ4n) is 1.72. The molecular formula is C10H16N4O2. The van der Waals surface area contributed by atoms with Crippen LogP contribution in [0.25, 0.3) is 0 Å². The molecule has 0 amide bonds. The Morgan fingerprint density at radius 3 is 2.94 bits per heavy atom. The Balaban J connectivity index is 2.28. The van der Waals surface area contributed by atoms with Crippen LogP contribution in [0.5, 0.6) is 5.88 Å². The van der Waals surface area contributed by atoms with Crippen molar-refractivity contribution in [3.05, 3.63) is 15.9 Å². The van der Waals surface area contributed by atoms with Gasteiger partial charge in [0.1, 0.15) is 0 Å². The number of aromatic amines is 1. The average Bonchev–Trinajstić information content (AvgIpc) is 2.53. The van der Waals surface area contributed by atoms with Crippen LogP contribution in [-0.2, 0) is 0 Å². The van der Waals surface area contributed by atoms with Gasteiger partial charge >= 0.3 is 0 Å². The van der Waals surface area contributed by atoms with E-state index in [2.05, 4.69) is 15.3 Å². The summed E-state index contributed by atoms with van der Waals surface area (Å²) in [6.07, 6.45) is 0.998. The van der Waals surface area contributed by atoms with E-state index >= 15 is 0 Å². The summed E-state index contributed by atoms with van der Waals surface area (Å²) in [5.74, 6) is 0.271. The van der Waals surface area contributed by atoms with E-state index in [0.717, 1.165) is 32.6 Å². The van der Waals surface area contributed by atoms with Crippen molar-refractivity contribution in [2.45, 2.75) is 13.3 Å². The lowest BCUT2D eigenvalue weighted by molar-refractivity contribution is 0.445. The van der Waals surface area contributed by atoms with Crippen LogP contribution in [0.4, 0.5) is 5.95 Å². The molecule has 1 aliphatic heterocycles. The van der Waals surface area contributed by atoms with Gasteiger partial charge in [-0.25, -0.2) is 0 Å². The monoisotopic (exact) mass is 224 g/mol. The Labute approximate surface area is 93.3 Å². The van der Waals surface area contributed by atoms with Crippen LogP contribution < -0.4 is 15.8 Å². The number of rotatable bonds is 1. The second-order valence-electron chi connectivity index (χ2n) is 3.93. The highest BCUT2D eigenvalue weighted by Crippen LogP contribution is 2.13. The van der Waals surface area contributed by atoms with Gasteiger partial charge in [0.05, 0.1) is 5.56 Å². The van der Waals surface area contributed by atoms with Crippen LogP contribution in [-0.4, -0.2) is 41.3 Å². The third kappa shape index (κ3) is 2.16. The van der Waals surface area contributed by atoms with Crippen LogP contribution in [0.2, 0.25) is 0 Å². The standard InChI is InChI=1S/C10H16N4O2/c1-7-8(15)12-10(13-9(7)16)14-5-2-3-11-4-6-14/h11H,2-6H2,1H3,(H2,12,13,15,16). The van der Waals surface area contributed by atoms with Gasteiger partial charge in [-0.15, -0.1) is 0 Å². The maximum absolute atomic E-state index is 11.5. The highest BCUT2D eigenvalue weighted by atomic mass is 16.3. The zero-order chi connectivity index (χ0) is 11.5. The molecule has 0 radical (unpaired) electrons. The minimum absolute atomic E-state index is 0.184. The Morgan fingerprint density at radius 1 is 1.38 bits per heavy atom. The minimum atomic E-state index is -0.278. The first-order chi connectivity index (χ1) is 7.68. The second-order valence-corrected chi connectivity index (χ2v) is 3.93. The molecular weight excluding hydrogens is 208 g/mol. The lowest BCUT2D eigenvalue weighted by atomic mass is 10.3. The third-order valence-electron chi connectivity index (χ3n) is 2.75. The number of hydrogen-bond donors (Lipinski definition) is 3. The van der Waals surface area contributed by atoms with Crippen LogP contribution in [0.3, 0.4) is 0 Å². The van der Waals surface area contributed by atoms with Gasteiger partial charge in [0, 0.05) is 19.6 Å². The molecule has 2 rings (SSSR count). The fraction of sp³-hybridized carbons (Fsp3) is 0.600. The highest BCUT2D eigenvalue weighted by Gasteiger charge is 2.14. The van der Waals surface area contributed by atoms with Crippen molar-refractivity contribution in [3.8, 4) is 5.88 Å². The zero-order valence-corrected chi connectivity index (χ0v) is 9.29. The summed E-state index contributed by atoms with van der Waals surface area (Å²) < 4.78 is 0. The summed E-state index contributed by atoms with van der Waals surface area (Å²) >= 11 is 0. The van der Waals surface area contributed by atoms with Gasteiger partial charge in [-0.3, -0.25) is 9.78 Å². The van der Waals surface area contributed by atoms with E-state index in [1.165, 1.54) is 0 Å². The number of aromatic nitrogens is 2. The molecule has 0 spiro atoms. The molecule has 6 nitrogen and oxygen atoms in total. The molecule has 0 aromatic carbocycles. The van der Waals surface area contributed by atoms with E-state index in [0.29, 0.717) is 5.95 Å². The predicted molar refractivity (Wildman–Crippen MR) is 61.0 cm³/mol. The molecule has 1 aromatic heterocycles. The van der Waals surface area contributed by atoms with Crippen LogP contribution in [0.1, 0.15) is 12.0 Å². The van der Waals surface area contributed by atoms with Crippen LogP contribution in [0.15, 0.2) is 4.79 Å². The molecule has 2 heterocycles. The molecule has 1 aromatic rings. The quantitative estimate of drug-likeness (QED) is 0.604. The van der Waals surface area contributed by atoms with Crippen molar-refractivity contribution >= 4 is 5.95 Å². The number of anilines is 1. The molecule has 3 N–H and O–H groups in total. The number of nitrogens with zero attached hydrogens (tertiary/aromatic N) is 2. The largest absolute Gasteiger partial charge is 0.493 e. The summed E-state index contributed by atoms with van der Waals surface area (Å²) in [5, 5.41) is 12.8. The molecule has 1 fully saturated rings. The van der Waals surface area contributed by atoms with E-state index in [1.54, 1.807) is 6.92 Å². The van der Waals surface area contributed by atoms with Gasteiger partial charge in [-0.1, -0.05) is 0 Å². The van der Waals surface area contributed by atoms with E-state index in [-0.39, 0.29) is 17.0 Å². The molecule has 0 saturated carbocycles. The summed E-state index contributed by atoms with van der Waals surface area (Å²) in [6, 6.07) is 0. The molecule has 0 unspecified atom stereocenters. The first-order valence-corrected chi connectivity index (χ1v) is 5.44. The molecule has 0 atom stereocenters. The van der Waals surface area contributed by atoms with Gasteiger partial charge in [0.2, 0.25) is 11.8 Å². The van der Waals surface area contributed by atoms with E-state index < -0.39 is 0 Å². The molecule has 16 heavy (non-hydrogen) atoms. The SMILES string of the molecule is Cc1c(O)nc(N2CCCNCC2)[nH]c1=O. The van der Waals surface area contributed by atoms with Gasteiger partial charge in [0.15, 0.2) is 0 Å². The molecule has 6 heteroatoms. The normalized spacial score (nSPS) is 17.2. The van der Waals surface area contributed by atoms with Crippen molar-refractivity contribution in [1.82, 2.24) is 15.3 Å². The van der Waals surface area contributed by atoms with E-state index in [4.69, 9.17) is 0 Å². The fourth-order valence-corrected chi connectivity index (χ4v) is 1.72. The van der Waals surface area contributed by atoms with Crippen LogP contribution >= 0.6 is 0 Å². The first-order valence-electron chi connectivity index (χ1n) is 5.44. The second kappa shape index (κ2) is 4.52. The zero-order valence-electron chi connectivity index (χ0n) is 9.29. The minimum Gasteiger partial charge on any atom is -0.493 e. The van der Waals surface area contributed by atoms with Crippen molar-refractivity contribution in [2.75, 3.05) is 31.1 Å². The lowest BCUT2D eigenvalue weighted by Crippen LogP contribution is -2.31. The average molecular weight is 224 g/mol. The Bertz CT molecular complexity index is 421. The van der Waals surface area contributed by atoms with Gasteiger partial charge in [0.25, 0.3) is 5.56 Å². The maximum Gasteiger partial charge on any atom is 0.259 e. The Hall–Kier alpha value is -1.56. The smallest absolute Gasteiger partial charge is 0.259 e. The van der Waals surface area contributed by atoms with Gasteiger partial charge in [-0.05, 0) is 19.9 Å². The highest BCUT2D eigenvalue weighted by molar-refractivity contribution is 5.35. The van der Waals surface area contributed by atoms with Gasteiger partial charge < -0.3 is 15.3 Å². The third-order valence-corrected chi connectivity index (χ3v) is 2.75. The topological polar surface area (TPSA) is 81.2 Å². The van der Waals surface area contributed by atoms with Gasteiger partial charge in [-0.2, -0.15) is 4.98 Å². The van der Waals surface area contributed by atoms with Crippen molar-refractivity contribution < 1.29 is 5.11 Å². The van der Waals surface area contributed by atoms with E-state index in [1.807, 2.05) is 4.90 Å². The number of H-pyrrole nitrogens is 1. The first kappa shape index (κ1) is 10.9. The summed E-state index contributed by atoms with van der Waals surface area (Å²) in [4.78, 5) is 20.1. The number of nitrogens with one attached hydrogen (secondary N) is 2. The van der Waals surface area contributed by atoms with Crippen molar-refractivity contribution in [3.63, 3.8) is 0 Å². The summed E-state index contributed by atoms with van der Waals surface area (Å²) in [6.45, 7) is 5.00. The summed E-state index contributed by atoms with van der Waals surface area (Å²) in [7, 11) is 0. The van der Waals surface area contributed by atoms with Crippen molar-refractivity contribution in [1.29, 1.82) is 0 Å². The van der Waals surface area contributed by atoms with E-state index in [9.17, 15) is 9.90 Å². The lowest BCUT2D eigenvalue weighted by Gasteiger charge is -2.20. The number of aromatic hydroxyl groups is 1. The molecule has 1 aliphatic rings. The van der Waals surface area contributed by atoms with Crippen LogP contribution in [0, 0.1) is 6.92 Å². The molecule has 88 valence electrons. The predicted octanol–water partition coefficient (Wildman–Crippen LogP) is -0.416.